The topological polar surface area (TPSA) is 24.5 Å². The lowest BCUT2D eigenvalue weighted by Crippen LogP contribution is -3.00. The molecular weight excluding hydrogens is 467 g/mol. The number of morpholine rings is 2. The molecule has 0 aromatic heterocycles. The average Bonchev–Trinajstić information content (AvgIpc) is 2.86. The lowest BCUT2D eigenvalue weighted by Gasteiger charge is -2.10. The summed E-state index contributed by atoms with van der Waals surface area (Å²) in [7, 11) is 0. The van der Waals surface area contributed by atoms with Crippen LogP contribution < -0.4 is 24.8 Å². The van der Waals surface area contributed by atoms with Crippen LogP contribution in [-0.4, -0.2) is 74.2 Å². The number of hydrogen-bond acceptors (Lipinski definition) is 2. The quantitative estimate of drug-likeness (QED) is 0.388. The molecule has 2 fully saturated rings. The molecule has 2 aliphatic heterocycles. The second kappa shape index (κ2) is 12.8. The molecule has 0 radical (unpaired) electrons. The van der Waals surface area contributed by atoms with Crippen molar-refractivity contribution in [1.29, 1.82) is 0 Å². The summed E-state index contributed by atoms with van der Waals surface area (Å²) < 4.78 is 15.5. The summed E-state index contributed by atoms with van der Waals surface area (Å²) in [4.78, 5) is 0. The molecule has 3 aromatic carbocycles. The fraction of sp³-hybridized carbons (Fsp3) is 0.286. The molecule has 178 valence electrons. The van der Waals surface area contributed by atoms with Crippen LogP contribution in [0, 0.1) is 0 Å². The Morgan fingerprint density at radius 3 is 1.00 bits per heavy atom. The molecule has 5 rings (SSSR count). The van der Waals surface area contributed by atoms with E-state index < -0.39 is 0 Å². The molecule has 3 aromatic rings. The summed E-state index contributed by atoms with van der Waals surface area (Å²) in [6.45, 7) is 7.13. The molecule has 2 aliphatic rings. The van der Waals surface area contributed by atoms with E-state index in [4.69, 9.17) is 9.47 Å². The summed E-state index contributed by atoms with van der Waals surface area (Å²) >= 11 is 0. The number of benzene rings is 3. The highest BCUT2D eigenvalue weighted by molar-refractivity contribution is 5.79. The minimum Gasteiger partial charge on any atom is -1.00 e. The zero-order valence-corrected chi connectivity index (χ0v) is 20.7. The monoisotopic (exact) mass is 496 g/mol. The Hall–Kier alpha value is -2.50. The van der Waals surface area contributed by atoms with Crippen LogP contribution in [0.2, 0.25) is 0 Å². The second-order valence-electron chi connectivity index (χ2n) is 8.38. The lowest BCUT2D eigenvalue weighted by molar-refractivity contribution is -0.544. The molecule has 0 atom stereocenters. The van der Waals surface area contributed by atoms with E-state index in [9.17, 15) is 0 Å². The molecule has 6 heteroatoms. The van der Waals surface area contributed by atoms with Gasteiger partial charge in [0.2, 0.25) is 0 Å². The Bertz CT molecular complexity index is 1000. The standard InChI is InChI=1S/C28H30N2O2.2ClH/c1-5-25(6-2-23(1)21-29-13-17-31-18-14-29)27-9-11-28(12-10-27)26-7-3-24(4-8-26)22-30-15-19-32-20-16-30;;/h1-12,21-22H,13-20H2;2*1H/q+2;;/p-2. The maximum absolute atomic E-state index is 5.42. The van der Waals surface area contributed by atoms with Crippen molar-refractivity contribution in [3.63, 3.8) is 0 Å². The smallest absolute Gasteiger partial charge is 0.170 e. The van der Waals surface area contributed by atoms with E-state index in [1.165, 1.54) is 33.4 Å². The van der Waals surface area contributed by atoms with Gasteiger partial charge in [0.25, 0.3) is 0 Å². The van der Waals surface area contributed by atoms with Crippen molar-refractivity contribution in [2.24, 2.45) is 0 Å². The summed E-state index contributed by atoms with van der Waals surface area (Å²) in [5.74, 6) is 0. The van der Waals surface area contributed by atoms with Gasteiger partial charge in [-0.3, -0.25) is 0 Å². The molecule has 4 nitrogen and oxygen atoms in total. The van der Waals surface area contributed by atoms with E-state index in [0.717, 1.165) is 52.6 Å². The third-order valence-corrected chi connectivity index (χ3v) is 6.13. The summed E-state index contributed by atoms with van der Waals surface area (Å²) in [5.41, 5.74) is 7.44. The molecule has 0 N–H and O–H groups in total. The first-order valence-electron chi connectivity index (χ1n) is 11.5. The third kappa shape index (κ3) is 6.77. The van der Waals surface area contributed by atoms with Gasteiger partial charge in [0.05, 0.1) is 0 Å². The van der Waals surface area contributed by atoms with Crippen LogP contribution >= 0.6 is 0 Å². The van der Waals surface area contributed by atoms with E-state index in [2.05, 4.69) is 94.4 Å². The largest absolute Gasteiger partial charge is 1.00 e. The van der Waals surface area contributed by atoms with Crippen LogP contribution in [0.3, 0.4) is 0 Å². The van der Waals surface area contributed by atoms with Crippen LogP contribution in [0.1, 0.15) is 11.1 Å². The van der Waals surface area contributed by atoms with E-state index >= 15 is 0 Å². The fourth-order valence-corrected chi connectivity index (χ4v) is 4.21. The Kier molecular flexibility index (Phi) is 9.85. The van der Waals surface area contributed by atoms with Gasteiger partial charge in [-0.05, 0) is 46.5 Å². The predicted molar refractivity (Wildman–Crippen MR) is 129 cm³/mol. The zero-order chi connectivity index (χ0) is 21.6. The SMILES string of the molecule is C(c1ccc(-c2ccc(-c3ccc(C=[N+]4CCOCC4)cc3)cc2)cc1)=[N+]1CCOCC1.[Cl-].[Cl-]. The number of ether oxygens (including phenoxy) is 2. The van der Waals surface area contributed by atoms with E-state index in [0.29, 0.717) is 0 Å². The van der Waals surface area contributed by atoms with Crippen LogP contribution in [-0.2, 0) is 9.47 Å². The van der Waals surface area contributed by atoms with Crippen molar-refractivity contribution in [3.8, 4) is 22.3 Å². The van der Waals surface area contributed by atoms with Crippen molar-refractivity contribution in [1.82, 2.24) is 0 Å². The predicted octanol–water partition coefficient (Wildman–Crippen LogP) is -2.05. The molecule has 0 bridgehead atoms. The molecule has 0 aliphatic carbocycles. The number of halogens is 2. The maximum Gasteiger partial charge on any atom is 0.170 e. The van der Waals surface area contributed by atoms with Crippen molar-refractivity contribution in [2.75, 3.05) is 52.6 Å². The summed E-state index contributed by atoms with van der Waals surface area (Å²) in [5, 5.41) is 0. The molecule has 2 heterocycles. The zero-order valence-electron chi connectivity index (χ0n) is 19.2. The van der Waals surface area contributed by atoms with Gasteiger partial charge < -0.3 is 34.3 Å². The molecule has 0 amide bonds. The van der Waals surface area contributed by atoms with E-state index in [1.54, 1.807) is 0 Å². The minimum atomic E-state index is 0. The molecule has 2 saturated heterocycles. The van der Waals surface area contributed by atoms with Crippen LogP contribution in [0.4, 0.5) is 0 Å². The molecule has 0 unspecified atom stereocenters. The van der Waals surface area contributed by atoms with Gasteiger partial charge in [-0.25, -0.2) is 9.15 Å². The van der Waals surface area contributed by atoms with Crippen molar-refractivity contribution >= 4 is 12.4 Å². The number of hydrogen-bond donors (Lipinski definition) is 0. The molecule has 0 spiro atoms. The van der Waals surface area contributed by atoms with E-state index in [1.807, 2.05) is 0 Å². The molecule has 0 saturated carbocycles. The van der Waals surface area contributed by atoms with Gasteiger partial charge in [0.15, 0.2) is 38.6 Å². The van der Waals surface area contributed by atoms with Crippen LogP contribution in [0.5, 0.6) is 0 Å². The van der Waals surface area contributed by atoms with Gasteiger partial charge in [0, 0.05) is 11.1 Å². The Labute approximate surface area is 214 Å². The third-order valence-electron chi connectivity index (χ3n) is 6.13. The number of rotatable bonds is 4. The highest BCUT2D eigenvalue weighted by atomic mass is 35.5. The van der Waals surface area contributed by atoms with E-state index in [-0.39, 0.29) is 24.8 Å². The second-order valence-corrected chi connectivity index (χ2v) is 8.38. The Morgan fingerprint density at radius 1 is 0.441 bits per heavy atom. The van der Waals surface area contributed by atoms with Crippen LogP contribution in [0.25, 0.3) is 22.3 Å². The van der Waals surface area contributed by atoms with Gasteiger partial charge >= 0.3 is 0 Å². The minimum absolute atomic E-state index is 0. The normalized spacial score (nSPS) is 15.6. The highest BCUT2D eigenvalue weighted by Gasteiger charge is 2.12. The van der Waals surface area contributed by atoms with Gasteiger partial charge in [-0.2, -0.15) is 0 Å². The highest BCUT2D eigenvalue weighted by Crippen LogP contribution is 2.25. The van der Waals surface area contributed by atoms with Gasteiger partial charge in [0.1, 0.15) is 26.4 Å². The molecule has 34 heavy (non-hydrogen) atoms. The van der Waals surface area contributed by atoms with Gasteiger partial charge in [-0.1, -0.05) is 48.5 Å². The maximum atomic E-state index is 5.42. The van der Waals surface area contributed by atoms with Gasteiger partial charge in [-0.15, -0.1) is 0 Å². The number of nitrogens with zero attached hydrogens (tertiary/aromatic N) is 2. The Balaban J connectivity index is 0.00000162. The summed E-state index contributed by atoms with van der Waals surface area (Å²) in [6, 6.07) is 26.5. The Morgan fingerprint density at radius 2 is 0.706 bits per heavy atom. The lowest BCUT2D eigenvalue weighted by atomic mass is 9.99. The first kappa shape index (κ1) is 26.1. The first-order chi connectivity index (χ1) is 15.8. The first-order valence-corrected chi connectivity index (χ1v) is 11.5. The average molecular weight is 497 g/mol. The van der Waals surface area contributed by atoms with Crippen molar-refractivity contribution in [2.45, 2.75) is 0 Å². The van der Waals surface area contributed by atoms with Crippen molar-refractivity contribution < 1.29 is 43.4 Å². The fourth-order valence-electron chi connectivity index (χ4n) is 4.21. The molecular formula is C28H30Cl2N2O2. The van der Waals surface area contributed by atoms with Crippen LogP contribution in [0.15, 0.2) is 72.8 Å². The summed E-state index contributed by atoms with van der Waals surface area (Å²) in [6.07, 6.45) is 4.46. The van der Waals surface area contributed by atoms with Crippen molar-refractivity contribution in [3.05, 3.63) is 83.9 Å².